The molecule has 23 heavy (non-hydrogen) atoms. The topological polar surface area (TPSA) is 41.5 Å². The lowest BCUT2D eigenvalue weighted by atomic mass is 10.1. The fourth-order valence-electron chi connectivity index (χ4n) is 1.71. The number of nitrogens with one attached hydrogen (secondary N) is 1. The van der Waals surface area contributed by atoms with E-state index >= 15 is 0 Å². The van der Waals surface area contributed by atoms with Crippen molar-refractivity contribution in [3.05, 3.63) is 58.2 Å². The molecule has 1 unspecified atom stereocenters. The number of rotatable bonds is 7. The zero-order valence-corrected chi connectivity index (χ0v) is 15.2. The van der Waals surface area contributed by atoms with E-state index in [1.807, 2.05) is 19.1 Å². The van der Waals surface area contributed by atoms with Crippen molar-refractivity contribution in [3.8, 4) is 0 Å². The maximum atomic E-state index is 12.2. The summed E-state index contributed by atoms with van der Waals surface area (Å²) in [4.78, 5) is 16.5. The number of halogens is 2. The molecule has 0 saturated heterocycles. The first-order chi connectivity index (χ1) is 10.9. The van der Waals surface area contributed by atoms with E-state index in [2.05, 4.69) is 30.7 Å². The van der Waals surface area contributed by atoms with Gasteiger partial charge in [0.1, 0.15) is 0 Å². The van der Waals surface area contributed by atoms with Gasteiger partial charge in [-0.05, 0) is 24.5 Å². The molecule has 0 aromatic heterocycles. The van der Waals surface area contributed by atoms with E-state index in [-0.39, 0.29) is 12.5 Å². The van der Waals surface area contributed by atoms with Gasteiger partial charge in [-0.2, -0.15) is 0 Å². The van der Waals surface area contributed by atoms with Gasteiger partial charge in [0, 0.05) is 6.20 Å². The highest BCUT2D eigenvalue weighted by molar-refractivity contribution is 6.43. The molecule has 3 nitrogen and oxygen atoms in total. The van der Waals surface area contributed by atoms with Crippen molar-refractivity contribution in [2.75, 3.05) is 6.54 Å². The summed E-state index contributed by atoms with van der Waals surface area (Å²) in [5, 5.41) is 3.52. The Morgan fingerprint density at radius 2 is 2.17 bits per heavy atom. The second kappa shape index (κ2) is 9.53. The van der Waals surface area contributed by atoms with E-state index < -0.39 is 0 Å². The molecule has 0 aliphatic heterocycles. The fourth-order valence-corrected chi connectivity index (χ4v) is 2.04. The standard InChI is InChI=1S/C18H22Cl2N2O/c1-5-12(2)9-10-21-16(14(4)19)11-22-18(23)15-8-6-7-13(3)17(15)20/h6-10,12H,4-5,11H2,1-3H3,(H,22,23)/b10-9-,21-16-. The van der Waals surface area contributed by atoms with Crippen LogP contribution in [0.2, 0.25) is 5.02 Å². The van der Waals surface area contributed by atoms with Gasteiger partial charge in [-0.25, -0.2) is 0 Å². The predicted octanol–water partition coefficient (Wildman–Crippen LogP) is 5.13. The highest BCUT2D eigenvalue weighted by Gasteiger charge is 2.12. The van der Waals surface area contributed by atoms with Crippen molar-refractivity contribution >= 4 is 34.8 Å². The molecule has 1 aromatic rings. The number of carbonyl (C=O) groups is 1. The molecule has 0 heterocycles. The normalized spacial score (nSPS) is 13.2. The molecule has 1 atom stereocenters. The van der Waals surface area contributed by atoms with Crippen molar-refractivity contribution in [1.82, 2.24) is 5.32 Å². The summed E-state index contributed by atoms with van der Waals surface area (Å²) in [6.07, 6.45) is 4.72. The second-order valence-corrected chi connectivity index (χ2v) is 6.16. The van der Waals surface area contributed by atoms with E-state index in [1.54, 1.807) is 18.3 Å². The Balaban J connectivity index is 2.77. The second-order valence-electron chi connectivity index (χ2n) is 5.33. The quantitative estimate of drug-likeness (QED) is 0.678. The number of hydrogen-bond acceptors (Lipinski definition) is 2. The van der Waals surface area contributed by atoms with Gasteiger partial charge in [-0.3, -0.25) is 9.79 Å². The minimum atomic E-state index is -0.268. The lowest BCUT2D eigenvalue weighted by Crippen LogP contribution is -2.29. The Hall–Kier alpha value is -1.58. The van der Waals surface area contributed by atoms with Gasteiger partial charge >= 0.3 is 0 Å². The van der Waals surface area contributed by atoms with Gasteiger partial charge in [-0.15, -0.1) is 0 Å². The summed E-state index contributed by atoms with van der Waals surface area (Å²) in [6.45, 7) is 9.93. The molecule has 1 aromatic carbocycles. The maximum absolute atomic E-state index is 12.2. The van der Waals surface area contributed by atoms with Crippen LogP contribution in [0, 0.1) is 12.8 Å². The van der Waals surface area contributed by atoms with Crippen molar-refractivity contribution in [2.24, 2.45) is 10.9 Å². The zero-order valence-electron chi connectivity index (χ0n) is 13.7. The van der Waals surface area contributed by atoms with Crippen LogP contribution in [0.25, 0.3) is 0 Å². The lowest BCUT2D eigenvalue weighted by Gasteiger charge is -2.09. The maximum Gasteiger partial charge on any atom is 0.253 e. The van der Waals surface area contributed by atoms with Crippen LogP contribution < -0.4 is 5.32 Å². The van der Waals surface area contributed by atoms with Crippen LogP contribution in [0.15, 0.2) is 47.1 Å². The highest BCUT2D eigenvalue weighted by atomic mass is 35.5. The van der Waals surface area contributed by atoms with Crippen molar-refractivity contribution < 1.29 is 4.79 Å². The van der Waals surface area contributed by atoms with Gasteiger partial charge in [0.15, 0.2) is 0 Å². The Labute approximate surface area is 148 Å². The van der Waals surface area contributed by atoms with Gasteiger partial charge in [0.25, 0.3) is 5.91 Å². The van der Waals surface area contributed by atoms with Crippen LogP contribution in [0.5, 0.6) is 0 Å². The van der Waals surface area contributed by atoms with Crippen LogP contribution in [0.4, 0.5) is 0 Å². The van der Waals surface area contributed by atoms with Crippen LogP contribution in [0.3, 0.4) is 0 Å². The third-order valence-electron chi connectivity index (χ3n) is 3.45. The number of hydrogen-bond donors (Lipinski definition) is 1. The number of amides is 1. The number of allylic oxidation sites excluding steroid dienone is 1. The molecule has 0 radical (unpaired) electrons. The summed E-state index contributed by atoms with van der Waals surface area (Å²) in [5.74, 6) is 0.166. The molecule has 0 aliphatic rings. The molecule has 0 fully saturated rings. The molecule has 0 bridgehead atoms. The number of aryl methyl sites for hydroxylation is 1. The predicted molar refractivity (Wildman–Crippen MR) is 99.5 cm³/mol. The van der Waals surface area contributed by atoms with Gasteiger partial charge in [-0.1, -0.05) is 68.3 Å². The third-order valence-corrected chi connectivity index (χ3v) is 4.17. The summed E-state index contributed by atoms with van der Waals surface area (Å²) in [5.41, 5.74) is 1.80. The molecule has 1 rings (SSSR count). The first kappa shape index (κ1) is 19.5. The average molecular weight is 353 g/mol. The average Bonchev–Trinajstić information content (AvgIpc) is 2.52. The summed E-state index contributed by atoms with van der Waals surface area (Å²) < 4.78 is 0. The van der Waals surface area contributed by atoms with Crippen LogP contribution in [-0.2, 0) is 0 Å². The molecular weight excluding hydrogens is 331 g/mol. The van der Waals surface area contributed by atoms with Crippen LogP contribution >= 0.6 is 23.2 Å². The van der Waals surface area contributed by atoms with E-state index in [4.69, 9.17) is 23.2 Å². The summed E-state index contributed by atoms with van der Waals surface area (Å²) in [7, 11) is 0. The van der Waals surface area contributed by atoms with Crippen LogP contribution in [0.1, 0.15) is 36.2 Å². The SMILES string of the molecule is C=C(Cl)/C(CNC(=O)c1cccc(C)c1Cl)=N\C=C/C(C)CC. The monoisotopic (exact) mass is 352 g/mol. The zero-order chi connectivity index (χ0) is 17.4. The Morgan fingerprint density at radius 3 is 2.78 bits per heavy atom. The number of nitrogens with zero attached hydrogens (tertiary/aromatic N) is 1. The van der Waals surface area contributed by atoms with Crippen LogP contribution in [-0.4, -0.2) is 18.2 Å². The summed E-state index contributed by atoms with van der Waals surface area (Å²) >= 11 is 12.1. The van der Waals surface area contributed by atoms with Crippen molar-refractivity contribution in [1.29, 1.82) is 0 Å². The smallest absolute Gasteiger partial charge is 0.253 e. The molecule has 1 N–H and O–H groups in total. The molecule has 0 spiro atoms. The molecule has 124 valence electrons. The molecular formula is C18H22Cl2N2O. The van der Waals surface area contributed by atoms with E-state index in [0.29, 0.717) is 27.2 Å². The largest absolute Gasteiger partial charge is 0.346 e. The van der Waals surface area contributed by atoms with Gasteiger partial charge in [0.05, 0.1) is 27.9 Å². The first-order valence-corrected chi connectivity index (χ1v) is 8.23. The number of aliphatic imine (C=N–C) groups is 1. The van der Waals surface area contributed by atoms with Crippen molar-refractivity contribution in [3.63, 3.8) is 0 Å². The number of benzene rings is 1. The Bertz CT molecular complexity index is 636. The molecule has 0 saturated carbocycles. The van der Waals surface area contributed by atoms with Crippen molar-refractivity contribution in [2.45, 2.75) is 27.2 Å². The van der Waals surface area contributed by atoms with E-state index in [1.165, 1.54) is 0 Å². The minimum Gasteiger partial charge on any atom is -0.346 e. The Morgan fingerprint density at radius 1 is 1.48 bits per heavy atom. The minimum absolute atomic E-state index is 0.191. The summed E-state index contributed by atoms with van der Waals surface area (Å²) in [6, 6.07) is 5.33. The lowest BCUT2D eigenvalue weighted by molar-refractivity contribution is 0.0959. The molecule has 0 aliphatic carbocycles. The third kappa shape index (κ3) is 6.20. The molecule has 5 heteroatoms. The number of carbonyl (C=O) groups excluding carboxylic acids is 1. The fraction of sp³-hybridized carbons (Fsp3) is 0.333. The van der Waals surface area contributed by atoms with Gasteiger partial charge < -0.3 is 5.32 Å². The van der Waals surface area contributed by atoms with E-state index in [9.17, 15) is 4.79 Å². The highest BCUT2D eigenvalue weighted by Crippen LogP contribution is 2.20. The van der Waals surface area contributed by atoms with Gasteiger partial charge in [0.2, 0.25) is 0 Å². The van der Waals surface area contributed by atoms with E-state index in [0.717, 1.165) is 12.0 Å². The first-order valence-electron chi connectivity index (χ1n) is 7.48. The Kier molecular flexibility index (Phi) is 8.07. The molecule has 1 amide bonds.